The summed E-state index contributed by atoms with van der Waals surface area (Å²) in [5.74, 6) is 0. The lowest BCUT2D eigenvalue weighted by Gasteiger charge is -2.20. The van der Waals surface area contributed by atoms with E-state index in [0.717, 1.165) is 18.4 Å². The fourth-order valence-corrected chi connectivity index (χ4v) is 1.57. The van der Waals surface area contributed by atoms with Crippen LogP contribution in [0.1, 0.15) is 45.2 Å². The second-order valence-electron chi connectivity index (χ2n) is 5.75. The first-order valence-electron chi connectivity index (χ1n) is 5.79. The number of aliphatic hydroxyl groups is 1. The monoisotopic (exact) mass is 221 g/mol. The Labute approximate surface area is 98.5 Å². The Morgan fingerprint density at radius 3 is 2.31 bits per heavy atom. The molecule has 0 aliphatic carbocycles. The van der Waals surface area contributed by atoms with Crippen molar-refractivity contribution in [2.75, 3.05) is 0 Å². The Kier molecular flexibility index (Phi) is 3.76. The van der Waals surface area contributed by atoms with Crippen molar-refractivity contribution in [3.05, 3.63) is 35.4 Å². The van der Waals surface area contributed by atoms with Crippen LogP contribution in [0.5, 0.6) is 0 Å². The Hall–Kier alpha value is -0.860. The van der Waals surface area contributed by atoms with Gasteiger partial charge < -0.3 is 10.8 Å². The van der Waals surface area contributed by atoms with Gasteiger partial charge in [-0.05, 0) is 51.7 Å². The van der Waals surface area contributed by atoms with E-state index < -0.39 is 5.60 Å². The molecule has 0 heterocycles. The number of nitrogens with two attached hydrogens (primary N) is 1. The molecule has 0 bridgehead atoms. The van der Waals surface area contributed by atoms with Gasteiger partial charge in [0.1, 0.15) is 0 Å². The Morgan fingerprint density at radius 1 is 1.19 bits per heavy atom. The molecule has 0 unspecified atom stereocenters. The van der Waals surface area contributed by atoms with Gasteiger partial charge in [-0.1, -0.05) is 24.3 Å². The minimum absolute atomic E-state index is 0.134. The van der Waals surface area contributed by atoms with Gasteiger partial charge in [-0.15, -0.1) is 0 Å². The smallest absolute Gasteiger partial charge is 0.0840 e. The third-order valence-electron chi connectivity index (χ3n) is 2.69. The molecule has 0 saturated carbocycles. The molecule has 0 radical (unpaired) electrons. The molecule has 0 atom stereocenters. The van der Waals surface area contributed by atoms with Gasteiger partial charge in [0, 0.05) is 5.54 Å². The molecule has 0 aliphatic heterocycles. The summed E-state index contributed by atoms with van der Waals surface area (Å²) in [7, 11) is 0. The van der Waals surface area contributed by atoms with Crippen molar-refractivity contribution >= 4 is 0 Å². The fraction of sp³-hybridized carbons (Fsp3) is 0.571. The van der Waals surface area contributed by atoms with Crippen molar-refractivity contribution in [3.63, 3.8) is 0 Å². The summed E-state index contributed by atoms with van der Waals surface area (Å²) in [6, 6.07) is 8.09. The third-order valence-corrected chi connectivity index (χ3v) is 2.69. The SMILES string of the molecule is CC(C)(N)CCc1cccc(C(C)(C)O)c1. The standard InChI is InChI=1S/C14H23NO/c1-13(2,15)9-8-11-6-5-7-12(10-11)14(3,4)16/h5-7,10,16H,8-9,15H2,1-4H3. The molecule has 16 heavy (non-hydrogen) atoms. The van der Waals surface area contributed by atoms with Crippen LogP contribution in [-0.2, 0) is 12.0 Å². The van der Waals surface area contributed by atoms with Gasteiger partial charge in [0.2, 0.25) is 0 Å². The Bertz CT molecular complexity index is 344. The van der Waals surface area contributed by atoms with Gasteiger partial charge in [0.25, 0.3) is 0 Å². The van der Waals surface area contributed by atoms with Crippen LogP contribution in [-0.4, -0.2) is 10.6 Å². The number of aryl methyl sites for hydroxylation is 1. The van der Waals surface area contributed by atoms with E-state index in [1.54, 1.807) is 13.8 Å². The van der Waals surface area contributed by atoms with Crippen LogP contribution >= 0.6 is 0 Å². The van der Waals surface area contributed by atoms with Crippen LogP contribution in [0.2, 0.25) is 0 Å². The number of benzene rings is 1. The lowest BCUT2D eigenvalue weighted by atomic mass is 9.92. The van der Waals surface area contributed by atoms with E-state index in [-0.39, 0.29) is 5.54 Å². The van der Waals surface area contributed by atoms with Gasteiger partial charge in [-0.2, -0.15) is 0 Å². The zero-order chi connectivity index (χ0) is 12.4. The zero-order valence-electron chi connectivity index (χ0n) is 10.7. The van der Waals surface area contributed by atoms with Crippen LogP contribution in [0, 0.1) is 0 Å². The van der Waals surface area contributed by atoms with E-state index in [9.17, 15) is 5.11 Å². The maximum atomic E-state index is 9.92. The van der Waals surface area contributed by atoms with Crippen molar-refractivity contribution in [1.82, 2.24) is 0 Å². The van der Waals surface area contributed by atoms with E-state index >= 15 is 0 Å². The Balaban J connectivity index is 2.76. The molecule has 2 heteroatoms. The predicted octanol–water partition coefficient (Wildman–Crippen LogP) is 2.58. The van der Waals surface area contributed by atoms with Crippen LogP contribution in [0.15, 0.2) is 24.3 Å². The topological polar surface area (TPSA) is 46.2 Å². The summed E-state index contributed by atoms with van der Waals surface area (Å²) >= 11 is 0. The predicted molar refractivity (Wildman–Crippen MR) is 68.3 cm³/mol. The molecule has 3 N–H and O–H groups in total. The molecule has 1 aromatic rings. The lowest BCUT2D eigenvalue weighted by molar-refractivity contribution is 0.0785. The first-order valence-corrected chi connectivity index (χ1v) is 5.79. The van der Waals surface area contributed by atoms with E-state index in [2.05, 4.69) is 12.1 Å². The van der Waals surface area contributed by atoms with Crippen LogP contribution in [0.25, 0.3) is 0 Å². The first-order chi connectivity index (χ1) is 7.18. The summed E-state index contributed by atoms with van der Waals surface area (Å²) in [6.07, 6.45) is 1.90. The lowest BCUT2D eigenvalue weighted by Crippen LogP contribution is -2.32. The van der Waals surface area contributed by atoms with Crippen LogP contribution in [0.3, 0.4) is 0 Å². The van der Waals surface area contributed by atoms with Crippen molar-refractivity contribution in [2.45, 2.75) is 51.7 Å². The van der Waals surface area contributed by atoms with E-state index in [1.165, 1.54) is 5.56 Å². The van der Waals surface area contributed by atoms with Gasteiger partial charge in [-0.3, -0.25) is 0 Å². The summed E-state index contributed by atoms with van der Waals surface area (Å²) in [5, 5.41) is 9.92. The minimum atomic E-state index is -0.770. The van der Waals surface area contributed by atoms with Crippen molar-refractivity contribution in [1.29, 1.82) is 0 Å². The molecule has 1 rings (SSSR count). The number of hydrogen-bond donors (Lipinski definition) is 2. The largest absolute Gasteiger partial charge is 0.386 e. The summed E-state index contributed by atoms with van der Waals surface area (Å²) in [4.78, 5) is 0. The molecule has 1 aromatic carbocycles. The summed E-state index contributed by atoms with van der Waals surface area (Å²) < 4.78 is 0. The minimum Gasteiger partial charge on any atom is -0.386 e. The normalized spacial score (nSPS) is 12.9. The van der Waals surface area contributed by atoms with Gasteiger partial charge in [-0.25, -0.2) is 0 Å². The van der Waals surface area contributed by atoms with Crippen molar-refractivity contribution in [3.8, 4) is 0 Å². The fourth-order valence-electron chi connectivity index (χ4n) is 1.57. The highest BCUT2D eigenvalue weighted by atomic mass is 16.3. The highest BCUT2D eigenvalue weighted by Crippen LogP contribution is 2.21. The second-order valence-corrected chi connectivity index (χ2v) is 5.75. The highest BCUT2D eigenvalue weighted by molar-refractivity contribution is 5.27. The molecule has 0 amide bonds. The van der Waals surface area contributed by atoms with Gasteiger partial charge in [0.05, 0.1) is 5.60 Å². The molecule has 0 saturated heterocycles. The molecule has 90 valence electrons. The molecule has 0 fully saturated rings. The second kappa shape index (κ2) is 4.56. The van der Waals surface area contributed by atoms with Gasteiger partial charge in [0.15, 0.2) is 0 Å². The molecular formula is C14H23NO. The summed E-state index contributed by atoms with van der Waals surface area (Å²) in [5.41, 5.74) is 7.25. The average molecular weight is 221 g/mol. The van der Waals surface area contributed by atoms with E-state index in [1.807, 2.05) is 26.0 Å². The van der Waals surface area contributed by atoms with E-state index in [4.69, 9.17) is 5.73 Å². The third kappa shape index (κ3) is 4.33. The quantitative estimate of drug-likeness (QED) is 0.821. The molecule has 0 aliphatic rings. The first kappa shape index (κ1) is 13.2. The molecular weight excluding hydrogens is 198 g/mol. The van der Waals surface area contributed by atoms with E-state index in [0.29, 0.717) is 0 Å². The Morgan fingerprint density at radius 2 is 1.81 bits per heavy atom. The maximum absolute atomic E-state index is 9.92. The van der Waals surface area contributed by atoms with Crippen molar-refractivity contribution in [2.24, 2.45) is 5.73 Å². The molecule has 0 spiro atoms. The van der Waals surface area contributed by atoms with Crippen LogP contribution < -0.4 is 5.73 Å². The molecule has 0 aromatic heterocycles. The highest BCUT2D eigenvalue weighted by Gasteiger charge is 2.16. The summed E-state index contributed by atoms with van der Waals surface area (Å²) in [6.45, 7) is 7.68. The van der Waals surface area contributed by atoms with Crippen LogP contribution in [0.4, 0.5) is 0 Å². The molecule has 2 nitrogen and oxygen atoms in total. The van der Waals surface area contributed by atoms with Crippen molar-refractivity contribution < 1.29 is 5.11 Å². The average Bonchev–Trinajstić information content (AvgIpc) is 2.13. The van der Waals surface area contributed by atoms with Gasteiger partial charge >= 0.3 is 0 Å². The zero-order valence-corrected chi connectivity index (χ0v) is 10.7. The maximum Gasteiger partial charge on any atom is 0.0840 e. The number of hydrogen-bond acceptors (Lipinski definition) is 2. The number of rotatable bonds is 4.